The molecule has 59 heavy (non-hydrogen) atoms. The summed E-state index contributed by atoms with van der Waals surface area (Å²) in [6, 6.07) is -3.19. The average Bonchev–Trinajstić information content (AvgIpc) is 3.14. The molecule has 2 aliphatic rings. The number of hydrogen-bond donors (Lipinski definition) is 8. The molecule has 0 aromatic heterocycles. The Bertz CT molecular complexity index is 1380. The molecule has 2 saturated heterocycles. The third-order valence-electron chi connectivity index (χ3n) is 9.60. The fraction of sp³-hybridized carbons (Fsp3) is 0.889. The van der Waals surface area contributed by atoms with E-state index in [0.717, 1.165) is 25.7 Å². The monoisotopic (exact) mass is 892 g/mol. The van der Waals surface area contributed by atoms with Crippen LogP contribution < -0.4 is 10.6 Å². The van der Waals surface area contributed by atoms with Crippen LogP contribution in [0.1, 0.15) is 130 Å². The first kappa shape index (κ1) is 53.0. The standard InChI is InChI=1S/C36H66N2O19P2/c1-5-9-13-17-25(40)37-29-33(54-27(42)19-15-11-7-3)31(44)24(53-36(29)57-59(48,49)50)22-51-35-30(38-26(41)18-14-10-6-2)34(55-28(43)20-16-12-8-4)32(23(21-39)52-35)56-58(45,46)47/h23-24,29-36,39,44H,5-22H2,1-4H3,(H,37,40)(H,38,41)(H2,45,46,47)(H2,48,49,50)/t23-,24-,29-,30-,31-,32-,33-,34-,35-,36-/m1/s1. The molecule has 8 N–H and O–H groups in total. The number of esters is 2. The smallest absolute Gasteiger partial charge is 0.457 e. The molecule has 2 amide bonds. The van der Waals surface area contributed by atoms with Crippen molar-refractivity contribution in [1.29, 1.82) is 0 Å². The molecule has 2 aliphatic heterocycles. The van der Waals surface area contributed by atoms with Gasteiger partial charge < -0.3 is 64.1 Å². The van der Waals surface area contributed by atoms with E-state index < -0.39 is 114 Å². The van der Waals surface area contributed by atoms with Gasteiger partial charge in [0, 0.05) is 25.7 Å². The fourth-order valence-corrected chi connectivity index (χ4v) is 7.61. The molecule has 23 heteroatoms. The molecule has 344 valence electrons. The van der Waals surface area contributed by atoms with Gasteiger partial charge in [0.15, 0.2) is 24.8 Å². The summed E-state index contributed by atoms with van der Waals surface area (Å²) in [4.78, 5) is 91.6. The van der Waals surface area contributed by atoms with Crippen LogP contribution in [0.4, 0.5) is 0 Å². The number of phosphoric acid groups is 2. The highest BCUT2D eigenvalue weighted by atomic mass is 31.2. The lowest BCUT2D eigenvalue weighted by Crippen LogP contribution is -2.68. The van der Waals surface area contributed by atoms with Gasteiger partial charge in [-0.05, 0) is 25.7 Å². The molecule has 2 rings (SSSR count). The number of hydrogen-bond acceptors (Lipinski definition) is 15. The second kappa shape index (κ2) is 27.1. The number of nitrogens with one attached hydrogen (secondary N) is 2. The van der Waals surface area contributed by atoms with Crippen molar-refractivity contribution in [1.82, 2.24) is 10.6 Å². The minimum absolute atomic E-state index is 0.0135. The topological polar surface area (TPSA) is 312 Å². The minimum atomic E-state index is -5.39. The van der Waals surface area contributed by atoms with Crippen molar-refractivity contribution in [2.75, 3.05) is 13.2 Å². The summed E-state index contributed by atoms with van der Waals surface area (Å²) in [5.74, 6) is -2.82. The van der Waals surface area contributed by atoms with Gasteiger partial charge in [-0.2, -0.15) is 0 Å². The van der Waals surface area contributed by atoms with E-state index in [1.807, 2.05) is 27.7 Å². The highest BCUT2D eigenvalue weighted by Crippen LogP contribution is 2.43. The van der Waals surface area contributed by atoms with Crippen LogP contribution in [0, 0.1) is 0 Å². The van der Waals surface area contributed by atoms with E-state index in [-0.39, 0.29) is 25.7 Å². The number of aliphatic hydroxyl groups is 2. The van der Waals surface area contributed by atoms with Crippen LogP contribution in [0.3, 0.4) is 0 Å². The summed E-state index contributed by atoms with van der Waals surface area (Å²) in [6.07, 6.45) is -6.90. The molecule has 21 nitrogen and oxygen atoms in total. The number of rotatable bonds is 28. The van der Waals surface area contributed by atoms with Crippen molar-refractivity contribution in [2.45, 2.75) is 192 Å². The number of aliphatic hydroxyl groups excluding tert-OH is 2. The molecule has 0 saturated carbocycles. The molecule has 0 radical (unpaired) electrons. The van der Waals surface area contributed by atoms with Gasteiger partial charge in [-0.15, -0.1) is 0 Å². The van der Waals surface area contributed by atoms with Gasteiger partial charge in [-0.3, -0.25) is 28.2 Å². The van der Waals surface area contributed by atoms with Crippen molar-refractivity contribution in [2.24, 2.45) is 0 Å². The van der Waals surface area contributed by atoms with Crippen molar-refractivity contribution in [3.05, 3.63) is 0 Å². The Morgan fingerprint density at radius 3 is 1.44 bits per heavy atom. The second-order valence-electron chi connectivity index (χ2n) is 14.7. The summed E-state index contributed by atoms with van der Waals surface area (Å²) in [6.45, 7) is 5.92. The van der Waals surface area contributed by atoms with Gasteiger partial charge in [0.2, 0.25) is 11.8 Å². The SMILES string of the molecule is CCCCCC(=O)N[C@H]1[C@H](OC[C@H]2O[C@H](OP(=O)(O)O)[C@H](NC(=O)CCCCC)[C@@H](OC(=O)CCCCC)[C@@H]2O)O[C@H](CO)[C@@H](OP(=O)(O)O)[C@@H]1OC(=O)CCCCC. The van der Waals surface area contributed by atoms with Crippen LogP contribution in [0.25, 0.3) is 0 Å². The molecular formula is C36H66N2O19P2. The lowest BCUT2D eigenvalue weighted by atomic mass is 9.95. The van der Waals surface area contributed by atoms with E-state index in [1.165, 1.54) is 0 Å². The summed E-state index contributed by atoms with van der Waals surface area (Å²) in [5.41, 5.74) is 0. The quantitative estimate of drug-likeness (QED) is 0.0318. The largest absolute Gasteiger partial charge is 0.472 e. The van der Waals surface area contributed by atoms with Gasteiger partial charge >= 0.3 is 27.6 Å². The fourth-order valence-electron chi connectivity index (χ4n) is 6.58. The van der Waals surface area contributed by atoms with Gasteiger partial charge in [-0.1, -0.05) is 79.1 Å². The second-order valence-corrected chi connectivity index (χ2v) is 17.1. The van der Waals surface area contributed by atoms with E-state index in [2.05, 4.69) is 10.6 Å². The maximum Gasteiger partial charge on any atom is 0.472 e. The molecule has 2 fully saturated rings. The molecule has 10 atom stereocenters. The van der Waals surface area contributed by atoms with Crippen LogP contribution in [0.5, 0.6) is 0 Å². The predicted molar refractivity (Wildman–Crippen MR) is 207 cm³/mol. The highest BCUT2D eigenvalue weighted by Gasteiger charge is 2.54. The predicted octanol–water partition coefficient (Wildman–Crippen LogP) is 2.51. The molecular weight excluding hydrogens is 826 g/mol. The molecule has 0 bridgehead atoms. The lowest BCUT2D eigenvalue weighted by Gasteiger charge is -2.46. The minimum Gasteiger partial charge on any atom is -0.457 e. The van der Waals surface area contributed by atoms with Crippen LogP contribution in [0.15, 0.2) is 0 Å². The van der Waals surface area contributed by atoms with Gasteiger partial charge in [0.05, 0.1) is 13.2 Å². The Kier molecular flexibility index (Phi) is 24.3. The van der Waals surface area contributed by atoms with Crippen LogP contribution in [-0.2, 0) is 61.0 Å². The lowest BCUT2D eigenvalue weighted by molar-refractivity contribution is -0.296. The summed E-state index contributed by atoms with van der Waals surface area (Å²) in [5, 5.41) is 27.1. The first-order chi connectivity index (χ1) is 27.9. The van der Waals surface area contributed by atoms with E-state index >= 15 is 0 Å². The van der Waals surface area contributed by atoms with E-state index in [9.17, 15) is 58.1 Å². The average molecular weight is 893 g/mol. The molecule has 2 heterocycles. The molecule has 0 spiro atoms. The number of carbonyl (C=O) groups excluding carboxylic acids is 4. The number of phosphoric ester groups is 2. The van der Waals surface area contributed by atoms with Crippen molar-refractivity contribution >= 4 is 39.4 Å². The van der Waals surface area contributed by atoms with E-state index in [0.29, 0.717) is 51.4 Å². The van der Waals surface area contributed by atoms with Crippen molar-refractivity contribution in [3.8, 4) is 0 Å². The third-order valence-corrected chi connectivity index (χ3v) is 10.6. The zero-order valence-electron chi connectivity index (χ0n) is 34.4. The Morgan fingerprint density at radius 1 is 0.576 bits per heavy atom. The van der Waals surface area contributed by atoms with Crippen LogP contribution in [-0.4, -0.2) is 128 Å². The summed E-state index contributed by atoms with van der Waals surface area (Å²) in [7, 11) is -10.7. The number of amides is 2. The van der Waals surface area contributed by atoms with Crippen molar-refractivity contribution in [3.63, 3.8) is 0 Å². The van der Waals surface area contributed by atoms with Gasteiger partial charge in [0.1, 0.15) is 36.5 Å². The zero-order valence-corrected chi connectivity index (χ0v) is 36.2. The highest BCUT2D eigenvalue weighted by molar-refractivity contribution is 7.46. The number of carbonyl (C=O) groups is 4. The van der Waals surface area contributed by atoms with Crippen LogP contribution >= 0.6 is 15.6 Å². The van der Waals surface area contributed by atoms with Crippen molar-refractivity contribution < 1.29 is 90.8 Å². The molecule has 0 aliphatic carbocycles. The maximum atomic E-state index is 13.3. The Hall–Kier alpha value is -2.10. The Labute approximate surface area is 345 Å². The van der Waals surface area contributed by atoms with Gasteiger partial charge in [0.25, 0.3) is 0 Å². The molecule has 0 unspecified atom stereocenters. The molecule has 0 aromatic carbocycles. The van der Waals surface area contributed by atoms with E-state index in [1.54, 1.807) is 0 Å². The Morgan fingerprint density at radius 2 is 1.00 bits per heavy atom. The number of ether oxygens (including phenoxy) is 5. The number of unbranched alkanes of at least 4 members (excludes halogenated alkanes) is 8. The zero-order chi connectivity index (χ0) is 44.2. The van der Waals surface area contributed by atoms with Gasteiger partial charge in [-0.25, -0.2) is 9.13 Å². The normalized spacial score (nSPS) is 27.5. The third kappa shape index (κ3) is 19.7. The Balaban J connectivity index is 2.57. The first-order valence-electron chi connectivity index (χ1n) is 20.5. The summed E-state index contributed by atoms with van der Waals surface area (Å²) >= 11 is 0. The maximum absolute atomic E-state index is 13.3. The first-order valence-corrected chi connectivity index (χ1v) is 23.6. The summed E-state index contributed by atoms with van der Waals surface area (Å²) < 4.78 is 63.1. The molecule has 0 aromatic rings. The van der Waals surface area contributed by atoms with E-state index in [4.69, 9.17) is 32.7 Å². The van der Waals surface area contributed by atoms with Crippen LogP contribution in [0.2, 0.25) is 0 Å².